The molecule has 0 amide bonds. The summed E-state index contributed by atoms with van der Waals surface area (Å²) in [6.45, 7) is 2.67. The number of ether oxygens (including phenoxy) is 1. The van der Waals surface area contributed by atoms with Gasteiger partial charge in [-0.3, -0.25) is 0 Å². The molecule has 0 aliphatic heterocycles. The van der Waals surface area contributed by atoms with E-state index in [1.807, 2.05) is 42.5 Å². The van der Waals surface area contributed by atoms with Gasteiger partial charge in [-0.25, -0.2) is 0 Å². The zero-order chi connectivity index (χ0) is 12.1. The summed E-state index contributed by atoms with van der Waals surface area (Å²) in [6.07, 6.45) is 0.105. The first-order chi connectivity index (χ1) is 8.25. The van der Waals surface area contributed by atoms with Crippen molar-refractivity contribution >= 4 is 13.3 Å². The molecule has 0 aromatic heterocycles. The predicted molar refractivity (Wildman–Crippen MR) is 71.5 cm³/mol. The highest BCUT2D eigenvalue weighted by molar-refractivity contribution is 6.32. The Morgan fingerprint density at radius 2 is 1.65 bits per heavy atom. The standard InChI is InChI=1S/C15H15BO/c1-12(14-5-3-2-4-6-14)17-11-13-7-9-15(16)10-8-13/h2-10,12H,11H2,1H3. The zero-order valence-corrected chi connectivity index (χ0v) is 9.97. The Balaban J connectivity index is 1.92. The van der Waals surface area contributed by atoms with Gasteiger partial charge in [-0.2, -0.15) is 0 Å². The maximum atomic E-state index is 5.81. The second kappa shape index (κ2) is 5.69. The molecular weight excluding hydrogens is 207 g/mol. The third-order valence-electron chi connectivity index (χ3n) is 2.75. The lowest BCUT2D eigenvalue weighted by Gasteiger charge is -2.13. The van der Waals surface area contributed by atoms with Crippen LogP contribution in [0.5, 0.6) is 0 Å². The van der Waals surface area contributed by atoms with Crippen LogP contribution < -0.4 is 5.46 Å². The Morgan fingerprint density at radius 3 is 2.29 bits per heavy atom. The molecule has 0 heterocycles. The molecule has 2 rings (SSSR count). The molecule has 0 spiro atoms. The first kappa shape index (κ1) is 11.9. The highest BCUT2D eigenvalue weighted by Crippen LogP contribution is 2.17. The van der Waals surface area contributed by atoms with Crippen LogP contribution in [0.2, 0.25) is 0 Å². The predicted octanol–water partition coefficient (Wildman–Crippen LogP) is 2.76. The van der Waals surface area contributed by atoms with E-state index in [1.54, 1.807) is 0 Å². The summed E-state index contributed by atoms with van der Waals surface area (Å²) in [6, 6.07) is 18.0. The molecule has 0 aliphatic rings. The van der Waals surface area contributed by atoms with Gasteiger partial charge in [0.05, 0.1) is 12.7 Å². The molecule has 0 N–H and O–H groups in total. The van der Waals surface area contributed by atoms with Crippen LogP contribution in [0.3, 0.4) is 0 Å². The lowest BCUT2D eigenvalue weighted by atomic mass is 9.95. The molecule has 0 bridgehead atoms. The van der Waals surface area contributed by atoms with E-state index >= 15 is 0 Å². The summed E-state index contributed by atoms with van der Waals surface area (Å²) in [5, 5.41) is 0. The molecule has 2 radical (unpaired) electrons. The van der Waals surface area contributed by atoms with E-state index in [1.165, 1.54) is 5.56 Å². The van der Waals surface area contributed by atoms with E-state index in [0.29, 0.717) is 6.61 Å². The van der Waals surface area contributed by atoms with Crippen LogP contribution in [0.25, 0.3) is 0 Å². The molecule has 2 heteroatoms. The molecule has 1 unspecified atom stereocenters. The largest absolute Gasteiger partial charge is 0.369 e. The Morgan fingerprint density at radius 1 is 1.00 bits per heavy atom. The second-order valence-corrected chi connectivity index (χ2v) is 4.11. The van der Waals surface area contributed by atoms with Crippen LogP contribution >= 0.6 is 0 Å². The smallest absolute Gasteiger partial charge is 0.113 e. The second-order valence-electron chi connectivity index (χ2n) is 4.11. The molecule has 1 atom stereocenters. The third kappa shape index (κ3) is 3.47. The SMILES string of the molecule is [B]c1ccc(COC(C)c2ccccc2)cc1. The van der Waals surface area contributed by atoms with E-state index in [2.05, 4.69) is 19.1 Å². The normalized spacial score (nSPS) is 12.3. The molecule has 0 saturated heterocycles. The van der Waals surface area contributed by atoms with Crippen molar-refractivity contribution in [1.82, 2.24) is 0 Å². The fraction of sp³-hybridized carbons (Fsp3) is 0.200. The van der Waals surface area contributed by atoms with Gasteiger partial charge in [-0.1, -0.05) is 60.1 Å². The lowest BCUT2D eigenvalue weighted by molar-refractivity contribution is 0.0526. The van der Waals surface area contributed by atoms with Crippen molar-refractivity contribution in [2.75, 3.05) is 0 Å². The van der Waals surface area contributed by atoms with Crippen molar-refractivity contribution in [3.05, 3.63) is 65.7 Å². The molecule has 0 aliphatic carbocycles. The van der Waals surface area contributed by atoms with Crippen LogP contribution in [0.15, 0.2) is 54.6 Å². The van der Waals surface area contributed by atoms with Crippen molar-refractivity contribution in [2.24, 2.45) is 0 Å². The van der Waals surface area contributed by atoms with Gasteiger partial charge >= 0.3 is 0 Å². The Hall–Kier alpha value is -1.54. The molecule has 2 aromatic carbocycles. The van der Waals surface area contributed by atoms with Crippen LogP contribution in [-0.4, -0.2) is 7.85 Å². The number of hydrogen-bond acceptors (Lipinski definition) is 1. The van der Waals surface area contributed by atoms with Gasteiger partial charge in [0.15, 0.2) is 0 Å². The molecule has 1 nitrogen and oxygen atoms in total. The highest BCUT2D eigenvalue weighted by atomic mass is 16.5. The van der Waals surface area contributed by atoms with E-state index in [0.717, 1.165) is 11.0 Å². The minimum Gasteiger partial charge on any atom is -0.369 e. The number of benzene rings is 2. The highest BCUT2D eigenvalue weighted by Gasteiger charge is 2.04. The average molecular weight is 222 g/mol. The summed E-state index contributed by atoms with van der Waals surface area (Å²) in [7, 11) is 5.63. The van der Waals surface area contributed by atoms with Crippen molar-refractivity contribution in [3.63, 3.8) is 0 Å². The van der Waals surface area contributed by atoms with Gasteiger partial charge in [0.2, 0.25) is 0 Å². The first-order valence-corrected chi connectivity index (χ1v) is 5.76. The molecule has 0 fully saturated rings. The maximum Gasteiger partial charge on any atom is 0.113 e. The average Bonchev–Trinajstić information content (AvgIpc) is 2.39. The monoisotopic (exact) mass is 222 g/mol. The third-order valence-corrected chi connectivity index (χ3v) is 2.75. The van der Waals surface area contributed by atoms with Gasteiger partial charge in [0, 0.05) is 0 Å². The molecule has 2 aromatic rings. The van der Waals surface area contributed by atoms with E-state index in [4.69, 9.17) is 12.6 Å². The molecular formula is C15H15BO. The van der Waals surface area contributed by atoms with Crippen molar-refractivity contribution in [3.8, 4) is 0 Å². The van der Waals surface area contributed by atoms with Gasteiger partial charge in [-0.15, -0.1) is 0 Å². The van der Waals surface area contributed by atoms with Crippen molar-refractivity contribution in [1.29, 1.82) is 0 Å². The molecule has 17 heavy (non-hydrogen) atoms. The summed E-state index contributed by atoms with van der Waals surface area (Å²) in [4.78, 5) is 0. The van der Waals surface area contributed by atoms with Crippen molar-refractivity contribution < 1.29 is 4.74 Å². The van der Waals surface area contributed by atoms with Gasteiger partial charge in [0.1, 0.15) is 7.85 Å². The first-order valence-electron chi connectivity index (χ1n) is 5.76. The van der Waals surface area contributed by atoms with E-state index in [-0.39, 0.29) is 6.10 Å². The summed E-state index contributed by atoms with van der Waals surface area (Å²) < 4.78 is 5.81. The Bertz CT molecular complexity index is 450. The van der Waals surface area contributed by atoms with Gasteiger partial charge in [0.25, 0.3) is 0 Å². The van der Waals surface area contributed by atoms with Crippen LogP contribution in [0.4, 0.5) is 0 Å². The van der Waals surface area contributed by atoms with E-state index in [9.17, 15) is 0 Å². The summed E-state index contributed by atoms with van der Waals surface area (Å²) >= 11 is 0. The Kier molecular flexibility index (Phi) is 4.00. The van der Waals surface area contributed by atoms with Crippen LogP contribution in [-0.2, 0) is 11.3 Å². The van der Waals surface area contributed by atoms with Gasteiger partial charge < -0.3 is 4.74 Å². The molecule has 0 saturated carbocycles. The zero-order valence-electron chi connectivity index (χ0n) is 9.97. The minimum absolute atomic E-state index is 0.105. The van der Waals surface area contributed by atoms with Crippen molar-refractivity contribution in [2.45, 2.75) is 19.6 Å². The quantitative estimate of drug-likeness (QED) is 0.722. The fourth-order valence-corrected chi connectivity index (χ4v) is 1.66. The fourth-order valence-electron chi connectivity index (χ4n) is 1.66. The number of rotatable bonds is 4. The maximum absolute atomic E-state index is 5.81. The number of hydrogen-bond donors (Lipinski definition) is 0. The van der Waals surface area contributed by atoms with Crippen LogP contribution in [0.1, 0.15) is 24.2 Å². The topological polar surface area (TPSA) is 9.23 Å². The van der Waals surface area contributed by atoms with Crippen LogP contribution in [0, 0.1) is 0 Å². The lowest BCUT2D eigenvalue weighted by Crippen LogP contribution is -2.03. The summed E-state index contributed by atoms with van der Waals surface area (Å²) in [5.74, 6) is 0. The Labute approximate surface area is 104 Å². The summed E-state index contributed by atoms with van der Waals surface area (Å²) in [5.41, 5.74) is 3.12. The molecule has 84 valence electrons. The van der Waals surface area contributed by atoms with Gasteiger partial charge in [-0.05, 0) is 18.1 Å². The van der Waals surface area contributed by atoms with E-state index < -0.39 is 0 Å². The minimum atomic E-state index is 0.105.